The van der Waals surface area contributed by atoms with Crippen LogP contribution in [0.25, 0.3) is 0 Å². The van der Waals surface area contributed by atoms with Gasteiger partial charge in [0.15, 0.2) is 12.7 Å². The van der Waals surface area contributed by atoms with E-state index in [4.69, 9.17) is 0 Å². The van der Waals surface area contributed by atoms with Gasteiger partial charge in [0.25, 0.3) is 12.0 Å². The van der Waals surface area contributed by atoms with Crippen LogP contribution in [0.2, 0.25) is 0 Å². The molecule has 0 aromatic carbocycles. The Kier molecular flexibility index (Phi) is 3.28. The van der Waals surface area contributed by atoms with Crippen molar-refractivity contribution in [3.05, 3.63) is 0 Å². The molecule has 0 aliphatic carbocycles. The van der Waals surface area contributed by atoms with Gasteiger partial charge >= 0.3 is 0 Å². The van der Waals surface area contributed by atoms with Gasteiger partial charge in [-0.3, -0.25) is 9.69 Å². The lowest BCUT2D eigenvalue weighted by molar-refractivity contribution is -0.940. The maximum Gasteiger partial charge on any atom is 0.282 e. The maximum absolute atomic E-state index is 12.0. The van der Waals surface area contributed by atoms with Gasteiger partial charge in [0.2, 0.25) is 0 Å². The number of rotatable bonds is 0. The van der Waals surface area contributed by atoms with E-state index in [0.29, 0.717) is 0 Å². The smallest absolute Gasteiger partial charge is 0.282 e. The highest BCUT2D eigenvalue weighted by Gasteiger charge is 2.61. The molecule has 2 amide bonds. The number of likely N-dealkylation sites (N-methyl/N-ethyl adjacent to an activating group) is 1. The summed E-state index contributed by atoms with van der Waals surface area (Å²) in [6, 6.07) is 0. The van der Waals surface area contributed by atoms with E-state index >= 15 is 0 Å². The van der Waals surface area contributed by atoms with Gasteiger partial charge in [-0.1, -0.05) is 20.8 Å². The van der Waals surface area contributed by atoms with Crippen LogP contribution in [-0.4, -0.2) is 46.7 Å². The Hall–Kier alpha value is -1.10. The summed E-state index contributed by atoms with van der Waals surface area (Å²) in [4.78, 5) is 25.4. The molecule has 0 bridgehead atoms. The SMILES string of the molecule is CN1C(=O)C[N+](C(=O)[O-])(C(C)(C)C)C1C(C)(C)C. The first kappa shape index (κ1) is 15.0. The largest absolute Gasteiger partial charge is 0.498 e. The molecular weight excluding hydrogens is 232 g/mol. The minimum atomic E-state index is -1.18. The van der Waals surface area contributed by atoms with Gasteiger partial charge in [0, 0.05) is 12.5 Å². The molecule has 1 aliphatic heterocycles. The molecule has 104 valence electrons. The topological polar surface area (TPSA) is 60.4 Å². The molecule has 0 N–H and O–H groups in total. The third-order valence-corrected chi connectivity index (χ3v) is 3.86. The van der Waals surface area contributed by atoms with Crippen molar-refractivity contribution in [1.29, 1.82) is 0 Å². The molecule has 1 saturated heterocycles. The predicted molar refractivity (Wildman–Crippen MR) is 66.3 cm³/mol. The molecule has 0 spiro atoms. The molecule has 0 aromatic rings. The molecule has 2 unspecified atom stereocenters. The van der Waals surface area contributed by atoms with Gasteiger partial charge in [0.1, 0.15) is 0 Å². The maximum atomic E-state index is 12.0. The fourth-order valence-electron chi connectivity index (χ4n) is 3.13. The molecule has 0 radical (unpaired) electrons. The van der Waals surface area contributed by atoms with Crippen LogP contribution in [0.5, 0.6) is 0 Å². The number of hydrogen-bond donors (Lipinski definition) is 0. The third kappa shape index (κ3) is 1.90. The van der Waals surface area contributed by atoms with Gasteiger partial charge in [-0.25, -0.2) is 4.48 Å². The lowest BCUT2D eigenvalue weighted by atomic mass is 9.86. The zero-order valence-corrected chi connectivity index (χ0v) is 12.4. The Morgan fingerprint density at radius 1 is 1.28 bits per heavy atom. The van der Waals surface area contributed by atoms with Crippen molar-refractivity contribution in [2.24, 2.45) is 5.41 Å². The predicted octanol–water partition coefficient (Wildman–Crippen LogP) is 0.789. The molecule has 1 rings (SSSR count). The van der Waals surface area contributed by atoms with Crippen LogP contribution < -0.4 is 5.11 Å². The minimum absolute atomic E-state index is 0.0374. The Morgan fingerprint density at radius 3 is 1.94 bits per heavy atom. The van der Waals surface area contributed by atoms with E-state index in [1.165, 1.54) is 0 Å². The highest BCUT2D eigenvalue weighted by Crippen LogP contribution is 2.42. The first-order valence-electron chi connectivity index (χ1n) is 6.21. The zero-order valence-electron chi connectivity index (χ0n) is 12.4. The number of carbonyl (C=O) groups is 2. The summed E-state index contributed by atoms with van der Waals surface area (Å²) in [6.45, 7) is 11.3. The van der Waals surface area contributed by atoms with Gasteiger partial charge in [-0.05, 0) is 20.8 Å². The van der Waals surface area contributed by atoms with Crippen LogP contribution >= 0.6 is 0 Å². The normalized spacial score (nSPS) is 29.8. The van der Waals surface area contributed by atoms with Crippen molar-refractivity contribution in [2.75, 3.05) is 13.6 Å². The van der Waals surface area contributed by atoms with E-state index in [1.54, 1.807) is 11.9 Å². The van der Waals surface area contributed by atoms with Crippen molar-refractivity contribution in [3.63, 3.8) is 0 Å². The van der Waals surface area contributed by atoms with Gasteiger partial charge in [-0.15, -0.1) is 0 Å². The summed E-state index contributed by atoms with van der Waals surface area (Å²) in [5.74, 6) is -0.144. The average Bonchev–Trinajstić information content (AvgIpc) is 2.38. The number of nitrogens with zero attached hydrogens (tertiary/aromatic N) is 2. The molecule has 1 fully saturated rings. The highest BCUT2D eigenvalue weighted by molar-refractivity contribution is 5.81. The lowest BCUT2D eigenvalue weighted by Gasteiger charge is -2.52. The second-order valence-corrected chi connectivity index (χ2v) is 7.21. The zero-order chi connectivity index (χ0) is 14.5. The monoisotopic (exact) mass is 256 g/mol. The third-order valence-electron chi connectivity index (χ3n) is 3.86. The Bertz CT molecular complexity index is 379. The van der Waals surface area contributed by atoms with Gasteiger partial charge in [-0.2, -0.15) is 0 Å². The number of amides is 2. The van der Waals surface area contributed by atoms with Crippen molar-refractivity contribution >= 4 is 12.0 Å². The standard InChI is InChI=1S/C13H24N2O3/c1-12(2,3)10-14(7)9(16)8-15(10,11(17)18)13(4,5)6/h10H,8H2,1-7H3. The van der Waals surface area contributed by atoms with E-state index in [2.05, 4.69) is 0 Å². The van der Waals surface area contributed by atoms with Crippen molar-refractivity contribution in [1.82, 2.24) is 4.90 Å². The van der Waals surface area contributed by atoms with Crippen LogP contribution in [-0.2, 0) is 4.79 Å². The van der Waals surface area contributed by atoms with Crippen molar-refractivity contribution in [3.8, 4) is 0 Å². The van der Waals surface area contributed by atoms with E-state index in [1.807, 2.05) is 41.5 Å². The molecule has 18 heavy (non-hydrogen) atoms. The molecule has 2 atom stereocenters. The number of hydrogen-bond acceptors (Lipinski definition) is 3. The van der Waals surface area contributed by atoms with Crippen LogP contribution in [0.3, 0.4) is 0 Å². The Morgan fingerprint density at radius 2 is 1.72 bits per heavy atom. The molecular formula is C13H24N2O3. The second kappa shape index (κ2) is 3.95. The lowest BCUT2D eigenvalue weighted by Crippen LogP contribution is -2.73. The summed E-state index contributed by atoms with van der Waals surface area (Å²) < 4.78 is -0.341. The average molecular weight is 256 g/mol. The Balaban J connectivity index is 3.50. The van der Waals surface area contributed by atoms with E-state index in [9.17, 15) is 14.7 Å². The first-order chi connectivity index (χ1) is 7.85. The number of quaternary nitrogens is 1. The van der Waals surface area contributed by atoms with Crippen LogP contribution in [0.15, 0.2) is 0 Å². The summed E-state index contributed by atoms with van der Waals surface area (Å²) >= 11 is 0. The molecule has 5 heteroatoms. The molecule has 0 aromatic heterocycles. The molecule has 0 saturated carbocycles. The van der Waals surface area contributed by atoms with E-state index in [0.717, 1.165) is 0 Å². The van der Waals surface area contributed by atoms with Crippen LogP contribution in [0.1, 0.15) is 41.5 Å². The fraction of sp³-hybridized carbons (Fsp3) is 0.846. The molecule has 1 aliphatic rings. The minimum Gasteiger partial charge on any atom is -0.498 e. The molecule has 1 heterocycles. The van der Waals surface area contributed by atoms with Crippen molar-refractivity contribution < 1.29 is 19.2 Å². The number of carbonyl (C=O) groups excluding carboxylic acids is 2. The van der Waals surface area contributed by atoms with E-state index in [-0.39, 0.29) is 22.3 Å². The molecule has 5 nitrogen and oxygen atoms in total. The quantitative estimate of drug-likeness (QED) is 0.602. The highest BCUT2D eigenvalue weighted by atomic mass is 16.4. The van der Waals surface area contributed by atoms with Gasteiger partial charge < -0.3 is 9.90 Å². The van der Waals surface area contributed by atoms with Crippen LogP contribution in [0, 0.1) is 5.41 Å². The van der Waals surface area contributed by atoms with Crippen molar-refractivity contribution in [2.45, 2.75) is 53.2 Å². The Labute approximate surface area is 109 Å². The van der Waals surface area contributed by atoms with Crippen LogP contribution in [0.4, 0.5) is 4.79 Å². The summed E-state index contributed by atoms with van der Waals surface area (Å²) in [5, 5.41) is 11.8. The van der Waals surface area contributed by atoms with E-state index < -0.39 is 17.8 Å². The summed E-state index contributed by atoms with van der Waals surface area (Å²) in [7, 11) is 1.67. The first-order valence-corrected chi connectivity index (χ1v) is 6.21. The van der Waals surface area contributed by atoms with Gasteiger partial charge in [0.05, 0.1) is 5.54 Å². The number of carboxylic acid groups (broad SMARTS) is 1. The second-order valence-electron chi connectivity index (χ2n) is 7.21. The fourth-order valence-corrected chi connectivity index (χ4v) is 3.13. The summed E-state index contributed by atoms with van der Waals surface area (Å²) in [5.41, 5.74) is -0.939. The summed E-state index contributed by atoms with van der Waals surface area (Å²) in [6.07, 6.45) is -1.60.